The molecule has 0 spiro atoms. The number of hydrogen-bond donors (Lipinski definition) is 2. The fourth-order valence-corrected chi connectivity index (χ4v) is 3.21. The third-order valence-electron chi connectivity index (χ3n) is 4.54. The maximum atomic E-state index is 12.3. The van der Waals surface area contributed by atoms with E-state index in [9.17, 15) is 14.4 Å². The highest BCUT2D eigenvalue weighted by Gasteiger charge is 2.25. The van der Waals surface area contributed by atoms with Crippen molar-refractivity contribution in [2.75, 3.05) is 24.5 Å². The van der Waals surface area contributed by atoms with Crippen LogP contribution in [0.1, 0.15) is 36.0 Å². The van der Waals surface area contributed by atoms with Crippen LogP contribution in [-0.2, 0) is 9.59 Å². The highest BCUT2D eigenvalue weighted by atomic mass is 16.2. The number of amides is 3. The number of rotatable bonds is 3. The maximum absolute atomic E-state index is 12.3. The smallest absolute Gasteiger partial charge is 0.257 e. The van der Waals surface area contributed by atoms with Crippen molar-refractivity contribution in [2.24, 2.45) is 5.92 Å². The first-order chi connectivity index (χ1) is 11.1. The number of nitrogens with two attached hydrogens (primary N) is 1. The van der Waals surface area contributed by atoms with Crippen LogP contribution in [0.3, 0.4) is 0 Å². The molecule has 3 amide bonds. The molecule has 122 valence electrons. The van der Waals surface area contributed by atoms with E-state index >= 15 is 0 Å². The van der Waals surface area contributed by atoms with Gasteiger partial charge in [-0.25, -0.2) is 0 Å². The lowest BCUT2D eigenvalue weighted by molar-refractivity contribution is -0.664. The van der Waals surface area contributed by atoms with Crippen LogP contribution in [-0.4, -0.2) is 37.4 Å². The van der Waals surface area contributed by atoms with Gasteiger partial charge in [0.25, 0.3) is 5.91 Å². The monoisotopic (exact) mass is 316 g/mol. The van der Waals surface area contributed by atoms with E-state index in [0.29, 0.717) is 18.5 Å². The van der Waals surface area contributed by atoms with Gasteiger partial charge >= 0.3 is 0 Å². The van der Waals surface area contributed by atoms with E-state index in [0.717, 1.165) is 38.0 Å². The standard InChI is InChI=1S/C17H21N3O3/c21-15-5-2-10-20(15)14-4-1-3-13(11-14)17(23)19-16(22)12-6-8-18-9-7-12/h1,3-4,11-12,18H,2,5-10H2,(H,19,22,23)/p+1. The van der Waals surface area contributed by atoms with Crippen LogP contribution in [0.4, 0.5) is 5.69 Å². The summed E-state index contributed by atoms with van der Waals surface area (Å²) >= 11 is 0. The van der Waals surface area contributed by atoms with Crippen LogP contribution >= 0.6 is 0 Å². The first kappa shape index (κ1) is 15.7. The van der Waals surface area contributed by atoms with Crippen LogP contribution in [0.25, 0.3) is 0 Å². The Labute approximate surface area is 135 Å². The molecule has 3 N–H and O–H groups in total. The largest absolute Gasteiger partial charge is 0.346 e. The minimum absolute atomic E-state index is 0.0766. The summed E-state index contributed by atoms with van der Waals surface area (Å²) in [5.74, 6) is -0.576. The van der Waals surface area contributed by atoms with Crippen molar-refractivity contribution in [2.45, 2.75) is 25.7 Å². The first-order valence-electron chi connectivity index (χ1n) is 8.22. The average molecular weight is 316 g/mol. The van der Waals surface area contributed by atoms with Crippen LogP contribution < -0.4 is 15.5 Å². The number of hydrogen-bond acceptors (Lipinski definition) is 3. The summed E-state index contributed by atoms with van der Waals surface area (Å²) in [6.45, 7) is 2.54. The van der Waals surface area contributed by atoms with E-state index in [2.05, 4.69) is 10.6 Å². The van der Waals surface area contributed by atoms with Gasteiger partial charge in [0.2, 0.25) is 11.8 Å². The Bertz CT molecular complexity index is 623. The highest BCUT2D eigenvalue weighted by Crippen LogP contribution is 2.22. The van der Waals surface area contributed by atoms with E-state index in [1.54, 1.807) is 23.1 Å². The number of benzene rings is 1. The average Bonchev–Trinajstić information content (AvgIpc) is 3.02. The Morgan fingerprint density at radius 3 is 2.70 bits per heavy atom. The first-order valence-corrected chi connectivity index (χ1v) is 8.22. The molecule has 0 aliphatic carbocycles. The predicted molar refractivity (Wildman–Crippen MR) is 84.9 cm³/mol. The van der Waals surface area contributed by atoms with Gasteiger partial charge in [-0.3, -0.25) is 19.7 Å². The van der Waals surface area contributed by atoms with E-state index in [1.165, 1.54) is 0 Å². The molecule has 2 heterocycles. The number of imide groups is 1. The Hall–Kier alpha value is -2.21. The van der Waals surface area contributed by atoms with E-state index < -0.39 is 5.91 Å². The summed E-state index contributed by atoms with van der Waals surface area (Å²) < 4.78 is 0. The predicted octanol–water partition coefficient (Wildman–Crippen LogP) is 0.0432. The van der Waals surface area contributed by atoms with Gasteiger partial charge in [0.15, 0.2) is 0 Å². The molecule has 0 saturated carbocycles. The van der Waals surface area contributed by atoms with Crippen molar-refractivity contribution in [3.8, 4) is 0 Å². The van der Waals surface area contributed by atoms with E-state index in [4.69, 9.17) is 0 Å². The fraction of sp³-hybridized carbons (Fsp3) is 0.471. The van der Waals surface area contributed by atoms with Gasteiger partial charge in [-0.05, 0) is 24.6 Å². The second-order valence-electron chi connectivity index (χ2n) is 6.16. The molecule has 1 aromatic rings. The lowest BCUT2D eigenvalue weighted by Gasteiger charge is -2.19. The zero-order valence-corrected chi connectivity index (χ0v) is 13.1. The van der Waals surface area contributed by atoms with Crippen LogP contribution in [0.5, 0.6) is 0 Å². The summed E-state index contributed by atoms with van der Waals surface area (Å²) in [5, 5.41) is 4.68. The number of carbonyl (C=O) groups excluding carboxylic acids is 3. The molecule has 3 rings (SSSR count). The molecule has 2 aliphatic rings. The second-order valence-corrected chi connectivity index (χ2v) is 6.16. The van der Waals surface area contributed by atoms with Crippen molar-refractivity contribution in [1.29, 1.82) is 0 Å². The number of nitrogens with one attached hydrogen (secondary N) is 1. The molecule has 0 unspecified atom stereocenters. The van der Waals surface area contributed by atoms with E-state index in [1.807, 2.05) is 6.07 Å². The molecule has 23 heavy (non-hydrogen) atoms. The van der Waals surface area contributed by atoms with Crippen LogP contribution in [0.2, 0.25) is 0 Å². The normalized spacial score (nSPS) is 19.0. The third-order valence-corrected chi connectivity index (χ3v) is 4.54. The van der Waals surface area contributed by atoms with Crippen LogP contribution in [0, 0.1) is 5.92 Å². The van der Waals surface area contributed by atoms with Crippen molar-refractivity contribution in [3.63, 3.8) is 0 Å². The Kier molecular flexibility index (Phi) is 4.71. The number of carbonyl (C=O) groups is 3. The minimum atomic E-state index is -0.391. The van der Waals surface area contributed by atoms with Gasteiger partial charge in [-0.15, -0.1) is 0 Å². The number of piperidine rings is 1. The highest BCUT2D eigenvalue weighted by molar-refractivity contribution is 6.06. The maximum Gasteiger partial charge on any atom is 0.257 e. The van der Waals surface area contributed by atoms with Gasteiger partial charge in [0.1, 0.15) is 0 Å². The molecular formula is C17H22N3O3+. The van der Waals surface area contributed by atoms with Crippen molar-refractivity contribution >= 4 is 23.4 Å². The second kappa shape index (κ2) is 6.91. The fourth-order valence-electron chi connectivity index (χ4n) is 3.21. The Morgan fingerprint density at radius 1 is 1.22 bits per heavy atom. The van der Waals surface area contributed by atoms with Gasteiger partial charge in [-0.1, -0.05) is 6.07 Å². The van der Waals surface area contributed by atoms with Gasteiger partial charge in [0, 0.05) is 43.0 Å². The zero-order valence-electron chi connectivity index (χ0n) is 13.1. The molecule has 0 radical (unpaired) electrons. The van der Waals surface area contributed by atoms with Crippen LogP contribution in [0.15, 0.2) is 24.3 Å². The molecule has 2 aliphatic heterocycles. The molecule has 6 heteroatoms. The molecule has 2 fully saturated rings. The Morgan fingerprint density at radius 2 is 2.00 bits per heavy atom. The van der Waals surface area contributed by atoms with Gasteiger partial charge < -0.3 is 10.2 Å². The SMILES string of the molecule is O=C(NC(=O)C1CC[NH2+]CC1)c1cccc(N2CCCC2=O)c1. The molecule has 0 atom stereocenters. The van der Waals surface area contributed by atoms with E-state index in [-0.39, 0.29) is 17.7 Å². The van der Waals surface area contributed by atoms with Crippen molar-refractivity contribution < 1.29 is 19.7 Å². The summed E-state index contributed by atoms with van der Waals surface area (Å²) in [4.78, 5) is 38.0. The lowest BCUT2D eigenvalue weighted by Crippen LogP contribution is -2.86. The topological polar surface area (TPSA) is 83.1 Å². The molecule has 1 aromatic carbocycles. The number of anilines is 1. The summed E-state index contributed by atoms with van der Waals surface area (Å²) in [6.07, 6.45) is 3.00. The number of nitrogens with zero attached hydrogens (tertiary/aromatic N) is 1. The Balaban J connectivity index is 1.67. The van der Waals surface area contributed by atoms with Gasteiger partial charge in [0.05, 0.1) is 13.1 Å². The summed E-state index contributed by atoms with van der Waals surface area (Å²) in [7, 11) is 0. The summed E-state index contributed by atoms with van der Waals surface area (Å²) in [5.41, 5.74) is 1.14. The van der Waals surface area contributed by atoms with Crippen molar-refractivity contribution in [1.82, 2.24) is 5.32 Å². The lowest BCUT2D eigenvalue weighted by atomic mass is 9.97. The number of quaternary nitrogens is 1. The quantitative estimate of drug-likeness (QED) is 0.773. The summed E-state index contributed by atoms with van der Waals surface area (Å²) in [6, 6.07) is 6.91. The zero-order chi connectivity index (χ0) is 16.2. The third kappa shape index (κ3) is 3.59. The minimum Gasteiger partial charge on any atom is -0.346 e. The molecule has 0 aromatic heterocycles. The van der Waals surface area contributed by atoms with Gasteiger partial charge in [-0.2, -0.15) is 0 Å². The van der Waals surface area contributed by atoms with Crippen molar-refractivity contribution in [3.05, 3.63) is 29.8 Å². The molecule has 0 bridgehead atoms. The molecule has 2 saturated heterocycles. The molecular weight excluding hydrogens is 294 g/mol. The molecule has 6 nitrogen and oxygen atoms in total.